The van der Waals surface area contributed by atoms with Crippen LogP contribution in [0.5, 0.6) is 0 Å². The zero-order valence-electron chi connectivity index (χ0n) is 12.9. The zero-order chi connectivity index (χ0) is 16.2. The maximum Gasteiger partial charge on any atom is 0.256 e. The van der Waals surface area contributed by atoms with E-state index in [1.807, 2.05) is 66.5 Å². The van der Waals surface area contributed by atoms with Gasteiger partial charge in [0.2, 0.25) is 0 Å². The minimum Gasteiger partial charge on any atom is -0.311 e. The Bertz CT molecular complexity index is 820. The van der Waals surface area contributed by atoms with Crippen molar-refractivity contribution in [3.05, 3.63) is 65.7 Å². The van der Waals surface area contributed by atoms with E-state index in [1.54, 1.807) is 11.9 Å². The largest absolute Gasteiger partial charge is 0.311 e. The van der Waals surface area contributed by atoms with E-state index in [-0.39, 0.29) is 5.91 Å². The average molecular weight is 326 g/mol. The molecule has 2 heterocycles. The number of fused-ring (bicyclic) bond motifs is 2. The molecule has 0 aromatic heterocycles. The summed E-state index contributed by atoms with van der Waals surface area (Å²) in [6, 6.07) is 17.5. The lowest BCUT2D eigenvalue weighted by molar-refractivity contribution is 0.0654. The number of hydrogen-bond acceptors (Lipinski definition) is 3. The third-order valence-electron chi connectivity index (χ3n) is 4.67. The molecule has 2 aromatic rings. The number of carbonyl (C=O) groups is 1. The molecule has 0 aliphatic carbocycles. The lowest BCUT2D eigenvalue weighted by Gasteiger charge is -2.42. The van der Waals surface area contributed by atoms with Crippen molar-refractivity contribution in [1.82, 2.24) is 4.90 Å². The molecule has 116 valence electrons. The van der Waals surface area contributed by atoms with Gasteiger partial charge in [-0.25, -0.2) is 5.01 Å². The molecule has 23 heavy (non-hydrogen) atoms. The van der Waals surface area contributed by atoms with Crippen molar-refractivity contribution in [2.45, 2.75) is 18.0 Å². The van der Waals surface area contributed by atoms with Crippen molar-refractivity contribution < 1.29 is 4.79 Å². The molecule has 1 amide bonds. The Hall–Kier alpha value is -2.33. The highest BCUT2D eigenvalue weighted by molar-refractivity contribution is 6.34. The summed E-state index contributed by atoms with van der Waals surface area (Å²) < 4.78 is 0. The number of amides is 1. The Morgan fingerprint density at radius 3 is 2.48 bits per heavy atom. The average Bonchev–Trinajstić information content (AvgIpc) is 2.98. The molecule has 0 fully saturated rings. The van der Waals surface area contributed by atoms with Gasteiger partial charge in [0, 0.05) is 18.2 Å². The summed E-state index contributed by atoms with van der Waals surface area (Å²) in [5, 5.41) is 6.15. The molecular weight excluding hydrogens is 310 g/mol. The Kier molecular flexibility index (Phi) is 3.00. The maximum atomic E-state index is 12.8. The fraction of sp³-hybridized carbons (Fsp3) is 0.222. The monoisotopic (exact) mass is 325 g/mol. The Balaban J connectivity index is 2.00. The van der Waals surface area contributed by atoms with Gasteiger partial charge in [0.15, 0.2) is 5.66 Å². The van der Waals surface area contributed by atoms with Crippen LogP contribution >= 0.6 is 11.6 Å². The van der Waals surface area contributed by atoms with Crippen LogP contribution in [0.25, 0.3) is 0 Å². The number of halogens is 1. The van der Waals surface area contributed by atoms with Crippen molar-refractivity contribution in [3.8, 4) is 0 Å². The molecular formula is C18H16ClN3O. The van der Waals surface area contributed by atoms with E-state index in [9.17, 15) is 4.79 Å². The molecule has 1 spiro atoms. The summed E-state index contributed by atoms with van der Waals surface area (Å²) in [6.07, 6.45) is 0. The number of para-hydroxylation sites is 1. The molecule has 0 bridgehead atoms. The number of benzene rings is 2. The predicted molar refractivity (Wildman–Crippen MR) is 91.9 cm³/mol. The number of rotatable bonds is 1. The van der Waals surface area contributed by atoms with Crippen molar-refractivity contribution in [2.24, 2.45) is 5.10 Å². The summed E-state index contributed by atoms with van der Waals surface area (Å²) >= 11 is 6.79. The van der Waals surface area contributed by atoms with Gasteiger partial charge in [-0.3, -0.25) is 4.79 Å². The molecule has 4 nitrogen and oxygen atoms in total. The third-order valence-corrected chi connectivity index (χ3v) is 5.29. The van der Waals surface area contributed by atoms with Gasteiger partial charge in [-0.2, -0.15) is 5.10 Å². The Morgan fingerprint density at radius 2 is 1.74 bits per heavy atom. The second kappa shape index (κ2) is 4.83. The summed E-state index contributed by atoms with van der Waals surface area (Å²) in [7, 11) is 1.79. The van der Waals surface area contributed by atoms with Crippen LogP contribution in [0.3, 0.4) is 0 Å². The van der Waals surface area contributed by atoms with Crippen LogP contribution in [-0.2, 0) is 5.66 Å². The van der Waals surface area contributed by atoms with E-state index in [4.69, 9.17) is 11.6 Å². The normalized spacial score (nSPS) is 26.0. The van der Waals surface area contributed by atoms with Gasteiger partial charge in [-0.05, 0) is 25.1 Å². The van der Waals surface area contributed by atoms with E-state index < -0.39 is 11.0 Å². The van der Waals surface area contributed by atoms with Crippen LogP contribution in [0.2, 0.25) is 0 Å². The first-order valence-corrected chi connectivity index (χ1v) is 7.94. The number of nitrogens with zero attached hydrogens (tertiary/aromatic N) is 3. The summed E-state index contributed by atoms with van der Waals surface area (Å²) in [6.45, 7) is 1.90. The predicted octanol–water partition coefficient (Wildman–Crippen LogP) is 3.43. The number of hydrazone groups is 1. The zero-order valence-corrected chi connectivity index (χ0v) is 13.7. The first-order chi connectivity index (χ1) is 11.1. The SMILES string of the molecule is CC1=NN(c2ccccc2)[C@@]2(c3ccccc3C(=O)N2C)[C@H]1Cl. The van der Waals surface area contributed by atoms with Gasteiger partial charge in [-0.1, -0.05) is 36.4 Å². The molecule has 5 heteroatoms. The third kappa shape index (κ3) is 1.67. The smallest absolute Gasteiger partial charge is 0.256 e. The summed E-state index contributed by atoms with van der Waals surface area (Å²) in [5.74, 6) is -0.0305. The summed E-state index contributed by atoms with van der Waals surface area (Å²) in [4.78, 5) is 14.5. The van der Waals surface area contributed by atoms with E-state index in [2.05, 4.69) is 5.10 Å². The molecule has 0 radical (unpaired) electrons. The van der Waals surface area contributed by atoms with Gasteiger partial charge in [0.1, 0.15) is 5.38 Å². The Labute approximate surface area is 140 Å². The molecule has 0 N–H and O–H groups in total. The van der Waals surface area contributed by atoms with Gasteiger partial charge in [0.05, 0.1) is 11.4 Å². The van der Waals surface area contributed by atoms with Crippen molar-refractivity contribution in [1.29, 1.82) is 0 Å². The number of alkyl halides is 1. The molecule has 2 aliphatic heterocycles. The summed E-state index contributed by atoms with van der Waals surface area (Å²) in [5.41, 5.74) is 2.47. The highest BCUT2D eigenvalue weighted by Crippen LogP contribution is 2.50. The van der Waals surface area contributed by atoms with E-state index in [1.165, 1.54) is 0 Å². The van der Waals surface area contributed by atoms with Gasteiger partial charge in [0.25, 0.3) is 5.91 Å². The quantitative estimate of drug-likeness (QED) is 0.753. The molecule has 0 saturated carbocycles. The van der Waals surface area contributed by atoms with Crippen LogP contribution in [0.15, 0.2) is 59.7 Å². The van der Waals surface area contributed by atoms with E-state index in [0.717, 1.165) is 17.0 Å². The fourth-order valence-corrected chi connectivity index (χ4v) is 3.98. The molecule has 2 aromatic carbocycles. The first kappa shape index (κ1) is 14.3. The van der Waals surface area contributed by atoms with Gasteiger partial charge >= 0.3 is 0 Å². The van der Waals surface area contributed by atoms with Crippen LogP contribution in [0.4, 0.5) is 5.69 Å². The second-order valence-corrected chi connectivity index (χ2v) is 6.32. The minimum atomic E-state index is -0.819. The highest BCUT2D eigenvalue weighted by atomic mass is 35.5. The highest BCUT2D eigenvalue weighted by Gasteiger charge is 2.60. The molecule has 0 saturated heterocycles. The second-order valence-electron chi connectivity index (χ2n) is 5.89. The first-order valence-electron chi connectivity index (χ1n) is 7.50. The van der Waals surface area contributed by atoms with Crippen molar-refractivity contribution in [3.63, 3.8) is 0 Å². The van der Waals surface area contributed by atoms with Crippen LogP contribution in [0.1, 0.15) is 22.8 Å². The van der Waals surface area contributed by atoms with E-state index in [0.29, 0.717) is 5.56 Å². The topological polar surface area (TPSA) is 35.9 Å². The van der Waals surface area contributed by atoms with Crippen molar-refractivity contribution >= 4 is 28.9 Å². The molecule has 2 aliphatic rings. The van der Waals surface area contributed by atoms with Crippen LogP contribution in [-0.4, -0.2) is 28.9 Å². The Morgan fingerprint density at radius 1 is 1.09 bits per heavy atom. The molecule has 0 unspecified atom stereocenters. The van der Waals surface area contributed by atoms with Crippen molar-refractivity contribution in [2.75, 3.05) is 12.1 Å². The fourth-order valence-electron chi connectivity index (χ4n) is 3.58. The van der Waals surface area contributed by atoms with Gasteiger partial charge in [-0.15, -0.1) is 11.6 Å². The number of anilines is 1. The van der Waals surface area contributed by atoms with Crippen LogP contribution < -0.4 is 5.01 Å². The van der Waals surface area contributed by atoms with Crippen LogP contribution in [0, 0.1) is 0 Å². The number of hydrogen-bond donors (Lipinski definition) is 0. The van der Waals surface area contributed by atoms with Gasteiger partial charge < -0.3 is 4.90 Å². The van der Waals surface area contributed by atoms with E-state index >= 15 is 0 Å². The molecule has 2 atom stereocenters. The minimum absolute atomic E-state index is 0.0305. The molecule has 4 rings (SSSR count). The lowest BCUT2D eigenvalue weighted by atomic mass is 9.93. The maximum absolute atomic E-state index is 12.8. The standard InChI is InChI=1S/C18H16ClN3O/c1-12-16(19)18(22(20-12)13-8-4-3-5-9-13)15-11-7-6-10-14(15)17(23)21(18)2/h3-11,16H,1-2H3/t16-,18-/m0/s1. The number of carbonyl (C=O) groups excluding carboxylic acids is 1. The lowest BCUT2D eigenvalue weighted by Crippen LogP contribution is -2.56.